The van der Waals surface area contributed by atoms with E-state index in [1.54, 1.807) is 0 Å². The Labute approximate surface area is 217 Å². The van der Waals surface area contributed by atoms with E-state index in [2.05, 4.69) is 5.32 Å². The van der Waals surface area contributed by atoms with Crippen molar-refractivity contribution in [2.75, 3.05) is 19.1 Å². The molecule has 0 heterocycles. The first kappa shape index (κ1) is 29.2. The van der Waals surface area contributed by atoms with Crippen LogP contribution in [-0.4, -0.2) is 67.7 Å². The number of carbonyl (C=O) groups is 2. The average Bonchev–Trinajstić information content (AvgIpc) is 2.80. The third-order valence-electron chi connectivity index (χ3n) is 4.62. The average molecular weight is 569 g/mol. The summed E-state index contributed by atoms with van der Waals surface area (Å²) in [5.74, 6) is -0.742. The van der Waals surface area contributed by atoms with Gasteiger partial charge in [0.15, 0.2) is 11.5 Å². The highest BCUT2D eigenvalue weighted by atomic mass is 35.5. The van der Waals surface area contributed by atoms with Crippen LogP contribution in [0, 0.1) is 0 Å². The highest BCUT2D eigenvalue weighted by Gasteiger charge is 2.26. The number of aliphatic hydroxyl groups is 2. The van der Waals surface area contributed by atoms with Gasteiger partial charge in [-0.25, -0.2) is 8.42 Å². The highest BCUT2D eigenvalue weighted by molar-refractivity contribution is 7.91. The topological polar surface area (TPSA) is 139 Å². The molecule has 0 bridgehead atoms. The molecule has 0 aliphatic carbocycles. The summed E-state index contributed by atoms with van der Waals surface area (Å²) in [7, 11) is -4.01. The summed E-state index contributed by atoms with van der Waals surface area (Å²) < 4.78 is 36.8. The lowest BCUT2D eigenvalue weighted by Gasteiger charge is -2.21. The van der Waals surface area contributed by atoms with E-state index in [0.29, 0.717) is 0 Å². The number of carbonyl (C=O) groups excluding carboxylic acids is 2. The van der Waals surface area contributed by atoms with Crippen LogP contribution in [0.4, 0.5) is 0 Å². The molecule has 0 radical (unpaired) electrons. The molecule has 0 aliphatic rings. The van der Waals surface area contributed by atoms with E-state index in [9.17, 15) is 28.2 Å². The molecule has 13 heteroatoms. The van der Waals surface area contributed by atoms with Crippen LogP contribution >= 0.6 is 34.8 Å². The maximum absolute atomic E-state index is 13.0. The molecule has 0 spiro atoms. The predicted molar refractivity (Wildman–Crippen MR) is 130 cm³/mol. The van der Waals surface area contributed by atoms with Gasteiger partial charge in [-0.1, -0.05) is 23.2 Å². The Morgan fingerprint density at radius 2 is 1.54 bits per heavy atom. The second-order valence-corrected chi connectivity index (χ2v) is 10.5. The van der Waals surface area contributed by atoms with Crippen LogP contribution in [0.25, 0.3) is 0 Å². The van der Waals surface area contributed by atoms with E-state index >= 15 is 0 Å². The van der Waals surface area contributed by atoms with Gasteiger partial charge in [-0.2, -0.15) is 0 Å². The van der Waals surface area contributed by atoms with Crippen molar-refractivity contribution in [2.45, 2.75) is 41.9 Å². The maximum Gasteiger partial charge on any atom is 0.217 e. The van der Waals surface area contributed by atoms with E-state index in [1.165, 1.54) is 50.2 Å². The lowest BCUT2D eigenvalue weighted by Crippen LogP contribution is -2.49. The number of benzene rings is 2. The minimum Gasteiger partial charge on any atom is -0.491 e. The zero-order chi connectivity index (χ0) is 26.3. The molecule has 1 unspecified atom stereocenters. The van der Waals surface area contributed by atoms with Crippen LogP contribution in [0.15, 0.2) is 46.2 Å². The van der Waals surface area contributed by atoms with Gasteiger partial charge in [-0.05, 0) is 43.3 Å². The van der Waals surface area contributed by atoms with Crippen molar-refractivity contribution in [2.24, 2.45) is 0 Å². The Kier molecular flexibility index (Phi) is 10.6. The zero-order valence-corrected chi connectivity index (χ0v) is 21.8. The molecule has 2 aromatic rings. The highest BCUT2D eigenvalue weighted by Crippen LogP contribution is 2.37. The van der Waals surface area contributed by atoms with Crippen molar-refractivity contribution in [1.29, 1.82) is 0 Å². The largest absolute Gasteiger partial charge is 0.491 e. The molecule has 0 fully saturated rings. The number of hydrogen-bond donors (Lipinski definition) is 3. The van der Waals surface area contributed by atoms with Crippen molar-refractivity contribution >= 4 is 56.3 Å². The first-order valence-electron chi connectivity index (χ1n) is 10.2. The van der Waals surface area contributed by atoms with Gasteiger partial charge in [0.1, 0.15) is 37.2 Å². The fourth-order valence-corrected chi connectivity index (χ4v) is 5.00. The van der Waals surface area contributed by atoms with E-state index in [4.69, 9.17) is 44.3 Å². The quantitative estimate of drug-likeness (QED) is 0.332. The number of rotatable bonds is 12. The van der Waals surface area contributed by atoms with Gasteiger partial charge in [-0.3, -0.25) is 9.59 Å². The number of nitrogens with one attached hydrogen (secondary N) is 1. The summed E-state index contributed by atoms with van der Waals surface area (Å²) in [5.41, 5.74) is 0. The number of amides is 1. The summed E-state index contributed by atoms with van der Waals surface area (Å²) in [6.07, 6.45) is -2.26. The Morgan fingerprint density at radius 3 is 2.03 bits per heavy atom. The molecular formula is C22H24Cl3NO8S. The summed E-state index contributed by atoms with van der Waals surface area (Å²) >= 11 is 17.8. The Balaban J connectivity index is 2.15. The number of Topliss-reactive ketones (excluding diaryl/α,β-unsaturated/α-hetero) is 1. The van der Waals surface area contributed by atoms with Gasteiger partial charge >= 0.3 is 0 Å². The molecular weight excluding hydrogens is 545 g/mol. The van der Waals surface area contributed by atoms with E-state index in [0.717, 1.165) is 0 Å². The van der Waals surface area contributed by atoms with E-state index in [1.807, 2.05) is 0 Å². The number of halogens is 3. The number of hydrogen-bond acceptors (Lipinski definition) is 8. The van der Waals surface area contributed by atoms with E-state index in [-0.39, 0.29) is 50.4 Å². The third kappa shape index (κ3) is 7.96. The standard InChI is InChI=1S/C22H24Cl3NO8S/c1-12(27)21(26-13(2)28)20(30)11-33-15-3-5-16(6-4-15)35(31,32)17-7-18(24)22(19(25)8-17)34-10-14(29)9-23/h3-8,14,20-21,29-30H,9-11H2,1-2H3,(H,26,28)/t14-,20-,21?/m1/s1. The third-order valence-corrected chi connectivity index (χ3v) is 7.28. The second kappa shape index (κ2) is 12.8. The smallest absolute Gasteiger partial charge is 0.217 e. The molecule has 192 valence electrons. The summed E-state index contributed by atoms with van der Waals surface area (Å²) in [4.78, 5) is 22.6. The molecule has 0 saturated heterocycles. The number of ketones is 1. The fourth-order valence-electron chi connectivity index (χ4n) is 2.87. The van der Waals surface area contributed by atoms with Gasteiger partial charge in [0.2, 0.25) is 15.7 Å². The Hall–Kier alpha value is -2.08. The van der Waals surface area contributed by atoms with Gasteiger partial charge in [0, 0.05) is 6.92 Å². The van der Waals surface area contributed by atoms with Crippen LogP contribution in [-0.2, 0) is 19.4 Å². The molecule has 0 aromatic heterocycles. The number of aliphatic hydroxyl groups excluding tert-OH is 2. The summed E-state index contributed by atoms with van der Waals surface area (Å²) in [5, 5.41) is 21.9. The first-order chi connectivity index (χ1) is 16.4. The van der Waals surface area contributed by atoms with Crippen molar-refractivity contribution in [1.82, 2.24) is 5.32 Å². The minimum atomic E-state index is -4.01. The normalized spacial score (nSPS) is 14.0. The van der Waals surface area contributed by atoms with Crippen molar-refractivity contribution in [3.8, 4) is 11.5 Å². The molecule has 2 rings (SSSR count). The van der Waals surface area contributed by atoms with Crippen molar-refractivity contribution in [3.63, 3.8) is 0 Å². The van der Waals surface area contributed by atoms with E-state index < -0.39 is 39.8 Å². The van der Waals surface area contributed by atoms with Crippen LogP contribution < -0.4 is 14.8 Å². The Morgan fingerprint density at radius 1 is 0.971 bits per heavy atom. The number of alkyl halides is 1. The molecule has 0 aliphatic heterocycles. The molecule has 0 saturated carbocycles. The molecule has 3 atom stereocenters. The summed E-state index contributed by atoms with van der Waals surface area (Å²) in [6.45, 7) is 1.95. The maximum atomic E-state index is 13.0. The Bertz CT molecular complexity index is 1130. The number of ether oxygens (including phenoxy) is 2. The first-order valence-corrected chi connectivity index (χ1v) is 12.9. The lowest BCUT2D eigenvalue weighted by molar-refractivity contribution is -0.128. The molecule has 1 amide bonds. The predicted octanol–water partition coefficient (Wildman–Crippen LogP) is 2.64. The molecule has 2 aromatic carbocycles. The SMILES string of the molecule is CC(=O)NC(C(C)=O)[C@H](O)COc1ccc(S(=O)(=O)c2cc(Cl)c(OC[C@H](O)CCl)c(Cl)c2)cc1. The zero-order valence-electron chi connectivity index (χ0n) is 18.7. The molecule has 3 N–H and O–H groups in total. The van der Waals surface area contributed by atoms with Gasteiger partial charge in [0.25, 0.3) is 0 Å². The molecule has 9 nitrogen and oxygen atoms in total. The molecule has 35 heavy (non-hydrogen) atoms. The van der Waals surface area contributed by atoms with Crippen molar-refractivity contribution < 1.29 is 37.7 Å². The van der Waals surface area contributed by atoms with Crippen LogP contribution in [0.1, 0.15) is 13.8 Å². The minimum absolute atomic E-state index is 0.0156. The van der Waals surface area contributed by atoms with Crippen LogP contribution in [0.5, 0.6) is 11.5 Å². The van der Waals surface area contributed by atoms with Crippen LogP contribution in [0.3, 0.4) is 0 Å². The number of sulfone groups is 1. The summed E-state index contributed by atoms with van der Waals surface area (Å²) in [6, 6.07) is 6.54. The van der Waals surface area contributed by atoms with Crippen LogP contribution in [0.2, 0.25) is 10.0 Å². The lowest BCUT2D eigenvalue weighted by atomic mass is 10.1. The second-order valence-electron chi connectivity index (χ2n) is 7.48. The fraction of sp³-hybridized carbons (Fsp3) is 0.364. The monoisotopic (exact) mass is 567 g/mol. The van der Waals surface area contributed by atoms with Gasteiger partial charge < -0.3 is 25.0 Å². The van der Waals surface area contributed by atoms with Gasteiger partial charge in [-0.15, -0.1) is 11.6 Å². The van der Waals surface area contributed by atoms with Gasteiger partial charge in [0.05, 0.1) is 25.7 Å². The van der Waals surface area contributed by atoms with Crippen molar-refractivity contribution in [3.05, 3.63) is 46.4 Å².